The van der Waals surface area contributed by atoms with E-state index in [-0.39, 0.29) is 29.8 Å². The Labute approximate surface area is 234 Å². The molecule has 0 heterocycles. The summed E-state index contributed by atoms with van der Waals surface area (Å²) in [5.41, 5.74) is 1.78. The van der Waals surface area contributed by atoms with Crippen molar-refractivity contribution in [1.82, 2.24) is 0 Å². The zero-order chi connectivity index (χ0) is 25.8. The molecule has 0 spiro atoms. The lowest BCUT2D eigenvalue weighted by atomic mass is 9.78. The van der Waals surface area contributed by atoms with Gasteiger partial charge in [0, 0.05) is 31.1 Å². The number of halogens is 6. The third kappa shape index (κ3) is 6.53. The average Bonchev–Trinajstić information content (AvgIpc) is 2.84. The lowest BCUT2D eigenvalue weighted by molar-refractivity contribution is -0.122. The van der Waals surface area contributed by atoms with Gasteiger partial charge in [-0.15, -0.1) is 0 Å². The number of benzene rings is 4. The molecule has 0 aliphatic heterocycles. The first kappa shape index (κ1) is 26.8. The van der Waals surface area contributed by atoms with E-state index >= 15 is 0 Å². The molecule has 4 aromatic rings. The highest BCUT2D eigenvalue weighted by atomic mass is 127. The SMILES string of the molecule is O=C(C(Cc1ccc(F)cc1F)c1ccc(I)cc1)C(Cc1ccc(F)cc1F)c1ccc(I)cc1. The molecular weight excluding hydrogens is 694 g/mol. The first-order chi connectivity index (χ1) is 17.2. The normalized spacial score (nSPS) is 12.8. The second-order valence-electron chi connectivity index (χ2n) is 8.49. The van der Waals surface area contributed by atoms with Crippen LogP contribution in [-0.2, 0) is 17.6 Å². The fraction of sp³-hybridized carbons (Fsp3) is 0.138. The van der Waals surface area contributed by atoms with Crippen molar-refractivity contribution in [2.45, 2.75) is 24.7 Å². The van der Waals surface area contributed by atoms with Crippen molar-refractivity contribution in [2.24, 2.45) is 0 Å². The molecule has 2 unspecified atom stereocenters. The highest BCUT2D eigenvalue weighted by molar-refractivity contribution is 14.1. The van der Waals surface area contributed by atoms with Gasteiger partial charge in [0.2, 0.25) is 0 Å². The predicted octanol–water partition coefficient (Wildman–Crippen LogP) is 8.37. The minimum absolute atomic E-state index is 0.0122. The van der Waals surface area contributed by atoms with E-state index in [2.05, 4.69) is 45.2 Å². The van der Waals surface area contributed by atoms with Gasteiger partial charge in [-0.05, 0) is 117 Å². The lowest BCUT2D eigenvalue weighted by Crippen LogP contribution is -2.25. The number of carbonyl (C=O) groups excluding carboxylic acids is 1. The minimum atomic E-state index is -0.769. The largest absolute Gasteiger partial charge is 0.298 e. The Bertz CT molecular complexity index is 1270. The van der Waals surface area contributed by atoms with Crippen LogP contribution in [0.1, 0.15) is 34.1 Å². The van der Waals surface area contributed by atoms with Crippen molar-refractivity contribution in [1.29, 1.82) is 0 Å². The topological polar surface area (TPSA) is 17.1 Å². The van der Waals surface area contributed by atoms with E-state index < -0.39 is 35.1 Å². The van der Waals surface area contributed by atoms with Crippen molar-refractivity contribution < 1.29 is 22.4 Å². The first-order valence-corrected chi connectivity index (χ1v) is 13.3. The molecule has 0 aliphatic carbocycles. The number of carbonyl (C=O) groups is 1. The van der Waals surface area contributed by atoms with E-state index in [9.17, 15) is 22.4 Å². The molecule has 0 bridgehead atoms. The Morgan fingerprint density at radius 3 is 1.28 bits per heavy atom. The molecule has 36 heavy (non-hydrogen) atoms. The van der Waals surface area contributed by atoms with Gasteiger partial charge < -0.3 is 0 Å². The summed E-state index contributed by atoms with van der Waals surface area (Å²) in [6.07, 6.45) is 0.0244. The van der Waals surface area contributed by atoms with Crippen LogP contribution < -0.4 is 0 Å². The summed E-state index contributed by atoms with van der Waals surface area (Å²) in [5.74, 6) is -4.62. The quantitative estimate of drug-likeness (QED) is 0.133. The van der Waals surface area contributed by atoms with Crippen molar-refractivity contribution in [3.8, 4) is 0 Å². The fourth-order valence-corrected chi connectivity index (χ4v) is 4.93. The number of rotatable bonds is 8. The van der Waals surface area contributed by atoms with E-state index in [0.29, 0.717) is 11.1 Å². The zero-order valence-electron chi connectivity index (χ0n) is 18.8. The maximum absolute atomic E-state index is 14.6. The van der Waals surface area contributed by atoms with Crippen LogP contribution in [0.5, 0.6) is 0 Å². The predicted molar refractivity (Wildman–Crippen MR) is 149 cm³/mol. The van der Waals surface area contributed by atoms with Gasteiger partial charge in [-0.2, -0.15) is 0 Å². The van der Waals surface area contributed by atoms with Crippen molar-refractivity contribution in [3.05, 3.63) is 138 Å². The molecule has 0 aromatic heterocycles. The molecule has 184 valence electrons. The van der Waals surface area contributed by atoms with Crippen LogP contribution >= 0.6 is 45.2 Å². The third-order valence-electron chi connectivity index (χ3n) is 6.11. The molecule has 7 heteroatoms. The van der Waals surface area contributed by atoms with Crippen LogP contribution in [0.4, 0.5) is 17.6 Å². The van der Waals surface area contributed by atoms with Crippen molar-refractivity contribution in [2.75, 3.05) is 0 Å². The summed E-state index contributed by atoms with van der Waals surface area (Å²) in [7, 11) is 0. The van der Waals surface area contributed by atoms with Crippen LogP contribution in [0, 0.1) is 30.4 Å². The molecule has 0 amide bonds. The lowest BCUT2D eigenvalue weighted by Gasteiger charge is -2.24. The molecule has 2 atom stereocenters. The molecule has 4 aromatic carbocycles. The van der Waals surface area contributed by atoms with Gasteiger partial charge in [-0.3, -0.25) is 4.79 Å². The summed E-state index contributed by atoms with van der Waals surface area (Å²) in [6, 6.07) is 21.3. The van der Waals surface area contributed by atoms with Gasteiger partial charge >= 0.3 is 0 Å². The average molecular weight is 714 g/mol. The number of hydrogen-bond acceptors (Lipinski definition) is 1. The first-order valence-electron chi connectivity index (χ1n) is 11.1. The second-order valence-corrected chi connectivity index (χ2v) is 11.0. The summed E-state index contributed by atoms with van der Waals surface area (Å²) >= 11 is 4.31. The maximum Gasteiger partial charge on any atom is 0.148 e. The van der Waals surface area contributed by atoms with Gasteiger partial charge in [0.15, 0.2) is 0 Å². The number of Topliss-reactive ketones (excluding diaryl/α,β-unsaturated/α-hetero) is 1. The van der Waals surface area contributed by atoms with E-state index in [0.717, 1.165) is 19.3 Å². The number of hydrogen-bond donors (Lipinski definition) is 0. The maximum atomic E-state index is 14.6. The van der Waals surface area contributed by atoms with Crippen molar-refractivity contribution in [3.63, 3.8) is 0 Å². The van der Waals surface area contributed by atoms with E-state index in [1.54, 1.807) is 0 Å². The summed E-state index contributed by atoms with van der Waals surface area (Å²) in [4.78, 5) is 14.2. The summed E-state index contributed by atoms with van der Waals surface area (Å²) < 4.78 is 58.2. The molecular formula is C29H20F4I2O. The Hall–Kier alpha value is -2.27. The molecule has 0 N–H and O–H groups in total. The fourth-order valence-electron chi connectivity index (χ4n) is 4.21. The summed E-state index contributed by atoms with van der Waals surface area (Å²) in [6.45, 7) is 0. The molecule has 1 nitrogen and oxygen atoms in total. The van der Waals surface area contributed by atoms with Crippen LogP contribution in [0.2, 0.25) is 0 Å². The Balaban J connectivity index is 1.78. The smallest absolute Gasteiger partial charge is 0.148 e. The molecule has 4 rings (SSSR count). The number of ketones is 1. The third-order valence-corrected chi connectivity index (χ3v) is 7.55. The van der Waals surface area contributed by atoms with Gasteiger partial charge in [-0.25, -0.2) is 17.6 Å². The zero-order valence-corrected chi connectivity index (χ0v) is 23.1. The monoisotopic (exact) mass is 714 g/mol. The van der Waals surface area contributed by atoms with Crippen LogP contribution in [0.15, 0.2) is 84.9 Å². The van der Waals surface area contributed by atoms with Crippen molar-refractivity contribution >= 4 is 51.0 Å². The highest BCUT2D eigenvalue weighted by Gasteiger charge is 2.31. The van der Waals surface area contributed by atoms with E-state index in [4.69, 9.17) is 0 Å². The van der Waals surface area contributed by atoms with Gasteiger partial charge in [0.1, 0.15) is 29.1 Å². The molecule has 0 radical (unpaired) electrons. The molecule has 0 saturated carbocycles. The van der Waals surface area contributed by atoms with Gasteiger partial charge in [-0.1, -0.05) is 36.4 Å². The van der Waals surface area contributed by atoms with Gasteiger partial charge in [0.25, 0.3) is 0 Å². The Kier molecular flexibility index (Phi) is 8.82. The summed E-state index contributed by atoms with van der Waals surface area (Å²) in [5, 5.41) is 0. The Morgan fingerprint density at radius 2 is 0.944 bits per heavy atom. The molecule has 0 saturated heterocycles. The molecule has 0 fully saturated rings. The van der Waals surface area contributed by atoms with Gasteiger partial charge in [0.05, 0.1) is 0 Å². The Morgan fingerprint density at radius 1 is 0.583 bits per heavy atom. The van der Waals surface area contributed by atoms with E-state index in [1.807, 2.05) is 48.5 Å². The van der Waals surface area contributed by atoms with E-state index in [1.165, 1.54) is 24.3 Å². The van der Waals surface area contributed by atoms with Crippen LogP contribution in [0.3, 0.4) is 0 Å². The highest BCUT2D eigenvalue weighted by Crippen LogP contribution is 2.34. The van der Waals surface area contributed by atoms with Crippen LogP contribution in [-0.4, -0.2) is 5.78 Å². The molecule has 0 aliphatic rings. The second kappa shape index (κ2) is 11.9. The standard InChI is InChI=1S/C29H20F4I2O/c30-21-7-1-19(27(32)15-21)13-25(17-3-9-23(34)10-4-17)29(36)26(18-5-11-24(35)12-6-18)14-20-2-8-22(31)16-28(20)33/h1-12,15-16,25-26H,13-14H2. The minimum Gasteiger partial charge on any atom is -0.298 e. The van der Waals surface area contributed by atoms with Crippen LogP contribution in [0.25, 0.3) is 0 Å².